The summed E-state index contributed by atoms with van der Waals surface area (Å²) in [5.74, 6) is 1.55. The number of carbonyl (C=O) groups excluding carboxylic acids is 1. The van der Waals surface area contributed by atoms with E-state index < -0.39 is 0 Å². The molecule has 1 saturated heterocycles. The molecular formula is C26H28N4O3. The Morgan fingerprint density at radius 3 is 2.64 bits per heavy atom. The number of imidazole rings is 1. The lowest BCUT2D eigenvalue weighted by molar-refractivity contribution is -0.132. The molecule has 0 spiro atoms. The van der Waals surface area contributed by atoms with Crippen molar-refractivity contribution in [2.75, 3.05) is 26.3 Å². The van der Waals surface area contributed by atoms with Gasteiger partial charge in [-0.2, -0.15) is 5.26 Å². The van der Waals surface area contributed by atoms with Gasteiger partial charge in [0.2, 0.25) is 0 Å². The zero-order chi connectivity index (χ0) is 23.4. The molecule has 1 aliphatic rings. The molecule has 0 saturated carbocycles. The van der Waals surface area contributed by atoms with Crippen LogP contribution < -0.4 is 9.47 Å². The highest BCUT2D eigenvalue weighted by molar-refractivity contribution is 5.90. The maximum atomic E-state index is 12.3. The average Bonchev–Trinajstić information content (AvgIpc) is 3.47. The van der Waals surface area contributed by atoms with Gasteiger partial charge in [-0.25, -0.2) is 4.98 Å². The van der Waals surface area contributed by atoms with Gasteiger partial charge in [-0.3, -0.25) is 4.79 Å². The van der Waals surface area contributed by atoms with Crippen molar-refractivity contribution in [3.63, 3.8) is 0 Å². The number of aromatic amines is 1. The third-order valence-corrected chi connectivity index (χ3v) is 5.86. The smallest absolute Gasteiger partial charge is 0.260 e. The maximum Gasteiger partial charge on any atom is 0.260 e. The van der Waals surface area contributed by atoms with Crippen LogP contribution in [0.1, 0.15) is 42.3 Å². The quantitative estimate of drug-likeness (QED) is 0.536. The van der Waals surface area contributed by atoms with Gasteiger partial charge >= 0.3 is 0 Å². The monoisotopic (exact) mass is 444 g/mol. The lowest BCUT2D eigenvalue weighted by Gasteiger charge is -2.17. The number of likely N-dealkylation sites (tertiary alicyclic amines) is 1. The van der Waals surface area contributed by atoms with Crippen LogP contribution in [-0.2, 0) is 4.79 Å². The number of amides is 1. The molecule has 33 heavy (non-hydrogen) atoms. The van der Waals surface area contributed by atoms with Crippen molar-refractivity contribution < 1.29 is 14.3 Å². The number of H-pyrrole nitrogens is 1. The topological polar surface area (TPSA) is 91.2 Å². The molecule has 0 aliphatic carbocycles. The van der Waals surface area contributed by atoms with E-state index in [1.807, 2.05) is 49.9 Å². The van der Waals surface area contributed by atoms with Gasteiger partial charge in [0.25, 0.3) is 5.91 Å². The minimum absolute atomic E-state index is 0.0129. The molecule has 1 aliphatic heterocycles. The zero-order valence-electron chi connectivity index (χ0n) is 19.3. The first-order valence-corrected chi connectivity index (χ1v) is 11.2. The van der Waals surface area contributed by atoms with Crippen LogP contribution in [0.5, 0.6) is 11.5 Å². The first kappa shape index (κ1) is 22.4. The molecule has 2 heterocycles. The van der Waals surface area contributed by atoms with Gasteiger partial charge < -0.3 is 19.4 Å². The largest absolute Gasteiger partial charge is 0.490 e. The highest BCUT2D eigenvalue weighted by Crippen LogP contribution is 2.30. The SMILES string of the molecule is CCOc1cc(/C=C(\C#N)c2nc3cc(C)c(C)cc3[nH]2)ccc1OCC(=O)N1CCCC1. The fraction of sp³-hybridized carbons (Fsp3) is 0.346. The molecule has 1 amide bonds. The summed E-state index contributed by atoms with van der Waals surface area (Å²) < 4.78 is 11.5. The van der Waals surface area contributed by atoms with Crippen molar-refractivity contribution in [2.45, 2.75) is 33.6 Å². The van der Waals surface area contributed by atoms with Crippen molar-refractivity contribution in [2.24, 2.45) is 0 Å². The number of nitriles is 1. The lowest BCUT2D eigenvalue weighted by Crippen LogP contribution is -2.32. The summed E-state index contributed by atoms with van der Waals surface area (Å²) in [5.41, 5.74) is 5.25. The first-order chi connectivity index (χ1) is 16.0. The number of hydrogen-bond acceptors (Lipinski definition) is 5. The molecule has 0 unspecified atom stereocenters. The van der Waals surface area contributed by atoms with E-state index in [1.54, 1.807) is 12.1 Å². The van der Waals surface area contributed by atoms with Gasteiger partial charge in [-0.1, -0.05) is 6.07 Å². The van der Waals surface area contributed by atoms with E-state index in [2.05, 4.69) is 16.0 Å². The Hall–Kier alpha value is -3.79. The van der Waals surface area contributed by atoms with Crippen LogP contribution in [0.4, 0.5) is 0 Å². The summed E-state index contributed by atoms with van der Waals surface area (Å²) in [6.45, 7) is 8.01. The fourth-order valence-electron chi connectivity index (χ4n) is 3.92. The van der Waals surface area contributed by atoms with Crippen molar-refractivity contribution in [1.82, 2.24) is 14.9 Å². The Labute approximate surface area is 193 Å². The van der Waals surface area contributed by atoms with Crippen molar-refractivity contribution in [1.29, 1.82) is 5.26 Å². The number of nitrogens with zero attached hydrogens (tertiary/aromatic N) is 3. The second-order valence-corrected chi connectivity index (χ2v) is 8.22. The molecule has 1 fully saturated rings. The molecule has 4 rings (SSSR count). The molecule has 7 heteroatoms. The third kappa shape index (κ3) is 5.01. The van der Waals surface area contributed by atoms with Crippen LogP contribution in [0.25, 0.3) is 22.7 Å². The van der Waals surface area contributed by atoms with E-state index in [9.17, 15) is 10.1 Å². The highest BCUT2D eigenvalue weighted by Gasteiger charge is 2.19. The number of ether oxygens (including phenoxy) is 2. The average molecular weight is 445 g/mol. The fourth-order valence-corrected chi connectivity index (χ4v) is 3.92. The second kappa shape index (κ2) is 9.78. The molecule has 0 radical (unpaired) electrons. The predicted octanol–water partition coefficient (Wildman–Crippen LogP) is 4.64. The molecule has 0 atom stereocenters. The summed E-state index contributed by atoms with van der Waals surface area (Å²) in [6, 6.07) is 11.7. The van der Waals surface area contributed by atoms with Gasteiger partial charge in [-0.05, 0) is 80.6 Å². The number of aryl methyl sites for hydroxylation is 2. The van der Waals surface area contributed by atoms with E-state index in [1.165, 1.54) is 5.56 Å². The van der Waals surface area contributed by atoms with Crippen LogP contribution in [-0.4, -0.2) is 47.1 Å². The molecule has 170 valence electrons. The van der Waals surface area contributed by atoms with Gasteiger partial charge in [0.15, 0.2) is 18.1 Å². The van der Waals surface area contributed by atoms with Crippen molar-refractivity contribution >= 4 is 28.6 Å². The zero-order valence-corrected chi connectivity index (χ0v) is 19.3. The standard InChI is InChI=1S/C26H28N4O3/c1-4-32-24-14-19(7-8-23(24)33-16-25(31)30-9-5-6-10-30)13-20(15-27)26-28-21-11-17(2)18(3)12-22(21)29-26/h7-8,11-14H,4-6,9-10,16H2,1-3H3,(H,28,29)/b20-13+. The first-order valence-electron chi connectivity index (χ1n) is 11.2. The summed E-state index contributed by atoms with van der Waals surface area (Å²) in [4.78, 5) is 22.0. The molecule has 2 aromatic carbocycles. The number of carbonyl (C=O) groups is 1. The molecule has 1 N–H and O–H groups in total. The predicted molar refractivity (Wildman–Crippen MR) is 128 cm³/mol. The Bertz CT molecular complexity index is 1210. The van der Waals surface area contributed by atoms with Crippen molar-refractivity contribution in [3.8, 4) is 17.6 Å². The molecular weight excluding hydrogens is 416 g/mol. The number of allylic oxidation sites excluding steroid dienone is 1. The Morgan fingerprint density at radius 2 is 1.91 bits per heavy atom. The number of benzene rings is 2. The maximum absolute atomic E-state index is 12.3. The van der Waals surface area contributed by atoms with E-state index in [0.717, 1.165) is 48.1 Å². The number of aromatic nitrogens is 2. The summed E-state index contributed by atoms with van der Waals surface area (Å²) >= 11 is 0. The second-order valence-electron chi connectivity index (χ2n) is 8.22. The van der Waals surface area contributed by atoms with Crippen LogP contribution in [0.2, 0.25) is 0 Å². The normalized spacial score (nSPS) is 13.9. The summed E-state index contributed by atoms with van der Waals surface area (Å²) in [7, 11) is 0. The minimum Gasteiger partial charge on any atom is -0.490 e. The molecule has 0 bridgehead atoms. The Kier molecular flexibility index (Phi) is 6.64. The Balaban J connectivity index is 1.57. The number of rotatable bonds is 7. The van der Waals surface area contributed by atoms with Gasteiger partial charge in [0.1, 0.15) is 11.9 Å². The van der Waals surface area contributed by atoms with Crippen molar-refractivity contribution in [3.05, 3.63) is 52.8 Å². The van der Waals surface area contributed by atoms with Gasteiger partial charge in [0, 0.05) is 13.1 Å². The van der Waals surface area contributed by atoms with Gasteiger partial charge in [0.05, 0.1) is 23.2 Å². The summed E-state index contributed by atoms with van der Waals surface area (Å²) in [5, 5.41) is 9.78. The van der Waals surface area contributed by atoms with Crippen LogP contribution in [0.15, 0.2) is 30.3 Å². The summed E-state index contributed by atoms with van der Waals surface area (Å²) in [6.07, 6.45) is 3.85. The third-order valence-electron chi connectivity index (χ3n) is 5.86. The Morgan fingerprint density at radius 1 is 1.15 bits per heavy atom. The minimum atomic E-state index is -0.0173. The number of hydrogen-bond donors (Lipinski definition) is 1. The molecule has 7 nitrogen and oxygen atoms in total. The van der Waals surface area contributed by atoms with Gasteiger partial charge in [-0.15, -0.1) is 0 Å². The van der Waals surface area contributed by atoms with E-state index >= 15 is 0 Å². The van der Waals surface area contributed by atoms with Crippen LogP contribution in [0, 0.1) is 25.2 Å². The van der Waals surface area contributed by atoms with E-state index in [-0.39, 0.29) is 12.5 Å². The highest BCUT2D eigenvalue weighted by atomic mass is 16.5. The number of nitrogens with one attached hydrogen (secondary N) is 1. The number of fused-ring (bicyclic) bond motifs is 1. The lowest BCUT2D eigenvalue weighted by atomic mass is 10.1. The molecule has 3 aromatic rings. The van der Waals surface area contributed by atoms with Crippen LogP contribution >= 0.6 is 0 Å². The van der Waals surface area contributed by atoms with E-state index in [4.69, 9.17) is 9.47 Å². The molecule has 1 aromatic heterocycles. The van der Waals surface area contributed by atoms with E-state index in [0.29, 0.717) is 29.5 Å². The van der Waals surface area contributed by atoms with Crippen LogP contribution in [0.3, 0.4) is 0 Å².